The van der Waals surface area contributed by atoms with E-state index in [-0.39, 0.29) is 14.9 Å². The van der Waals surface area contributed by atoms with Crippen LogP contribution in [-0.2, 0) is 9.47 Å². The maximum absolute atomic E-state index is 5.64. The topological polar surface area (TPSA) is 18.5 Å². The first-order valence-corrected chi connectivity index (χ1v) is 7.85. The van der Waals surface area contributed by atoms with Crippen LogP contribution in [0, 0.1) is 0 Å². The largest absolute Gasteiger partial charge is 0.355 e. The molecule has 0 radical (unpaired) electrons. The van der Waals surface area contributed by atoms with Crippen molar-refractivity contribution in [2.24, 2.45) is 0 Å². The van der Waals surface area contributed by atoms with Gasteiger partial charge in [-0.1, -0.05) is 22.0 Å². The molecule has 0 N–H and O–H groups in total. The number of rotatable bonds is 8. The standard InChI is InChI=1S/C9H21BrO2Si/c1-4-11-9(3,12-5-2)13-8-6-7-10/h4-8,13H2,1-3H3. The van der Waals surface area contributed by atoms with E-state index in [0.717, 1.165) is 18.5 Å². The molecule has 0 amide bonds. The summed E-state index contributed by atoms with van der Waals surface area (Å²) in [6.45, 7) is 7.63. The van der Waals surface area contributed by atoms with Crippen molar-refractivity contribution in [3.05, 3.63) is 0 Å². The molecule has 0 spiro atoms. The van der Waals surface area contributed by atoms with E-state index in [2.05, 4.69) is 22.9 Å². The molecule has 0 fully saturated rings. The lowest BCUT2D eigenvalue weighted by Gasteiger charge is -2.29. The molecular weight excluding hydrogens is 248 g/mol. The van der Waals surface area contributed by atoms with E-state index in [1.165, 1.54) is 12.5 Å². The quantitative estimate of drug-likeness (QED) is 0.291. The van der Waals surface area contributed by atoms with E-state index in [4.69, 9.17) is 9.47 Å². The van der Waals surface area contributed by atoms with Crippen LogP contribution in [-0.4, -0.2) is 33.5 Å². The van der Waals surface area contributed by atoms with Crippen LogP contribution in [0.25, 0.3) is 0 Å². The van der Waals surface area contributed by atoms with Gasteiger partial charge in [-0.2, -0.15) is 0 Å². The van der Waals surface area contributed by atoms with Crippen molar-refractivity contribution in [1.29, 1.82) is 0 Å². The Morgan fingerprint density at radius 1 is 1.23 bits per heavy atom. The Balaban J connectivity index is 3.76. The van der Waals surface area contributed by atoms with E-state index in [0.29, 0.717) is 0 Å². The number of ether oxygens (including phenoxy) is 2. The highest BCUT2D eigenvalue weighted by molar-refractivity contribution is 9.09. The van der Waals surface area contributed by atoms with E-state index < -0.39 is 0 Å². The average molecular weight is 269 g/mol. The van der Waals surface area contributed by atoms with Gasteiger partial charge in [0.1, 0.15) is 5.41 Å². The zero-order chi connectivity index (χ0) is 10.2. The lowest BCUT2D eigenvalue weighted by molar-refractivity contribution is -0.163. The van der Waals surface area contributed by atoms with Gasteiger partial charge in [0.25, 0.3) is 0 Å². The van der Waals surface area contributed by atoms with E-state index in [1.807, 2.05) is 13.8 Å². The maximum Gasteiger partial charge on any atom is 0.142 e. The first-order chi connectivity index (χ1) is 6.18. The van der Waals surface area contributed by atoms with Gasteiger partial charge in [-0.25, -0.2) is 0 Å². The molecule has 0 atom stereocenters. The third-order valence-corrected chi connectivity index (χ3v) is 4.64. The van der Waals surface area contributed by atoms with Crippen LogP contribution < -0.4 is 0 Å². The second-order valence-corrected chi connectivity index (χ2v) is 6.43. The fourth-order valence-electron chi connectivity index (χ4n) is 1.34. The molecule has 0 aromatic carbocycles. The number of hydrogen-bond acceptors (Lipinski definition) is 2. The van der Waals surface area contributed by atoms with Crippen molar-refractivity contribution in [2.45, 2.75) is 38.6 Å². The summed E-state index contributed by atoms with van der Waals surface area (Å²) in [5.41, 5.74) is -0.230. The zero-order valence-electron chi connectivity index (χ0n) is 8.94. The maximum atomic E-state index is 5.64. The molecule has 0 aromatic rings. The lowest BCUT2D eigenvalue weighted by Crippen LogP contribution is -2.39. The predicted molar refractivity (Wildman–Crippen MR) is 63.4 cm³/mol. The Morgan fingerprint density at radius 3 is 2.15 bits per heavy atom. The summed E-state index contributed by atoms with van der Waals surface area (Å²) >= 11 is 3.44. The summed E-state index contributed by atoms with van der Waals surface area (Å²) in [7, 11) is -0.279. The van der Waals surface area contributed by atoms with Crippen LogP contribution in [0.2, 0.25) is 6.04 Å². The molecule has 0 unspecified atom stereocenters. The highest BCUT2D eigenvalue weighted by atomic mass is 79.9. The molecule has 0 aliphatic heterocycles. The molecule has 4 heteroatoms. The van der Waals surface area contributed by atoms with E-state index in [1.54, 1.807) is 0 Å². The number of alkyl halides is 1. The second-order valence-electron chi connectivity index (χ2n) is 3.15. The normalized spacial score (nSPS) is 12.9. The van der Waals surface area contributed by atoms with E-state index in [9.17, 15) is 0 Å². The minimum absolute atomic E-state index is 0.230. The first kappa shape index (κ1) is 13.6. The van der Waals surface area contributed by atoms with Crippen LogP contribution in [0.5, 0.6) is 0 Å². The van der Waals surface area contributed by atoms with Crippen molar-refractivity contribution >= 4 is 25.4 Å². The Kier molecular flexibility index (Phi) is 8.35. The van der Waals surface area contributed by atoms with Crippen LogP contribution in [0.4, 0.5) is 0 Å². The van der Waals surface area contributed by atoms with Crippen LogP contribution >= 0.6 is 15.9 Å². The Morgan fingerprint density at radius 2 is 1.77 bits per heavy atom. The molecule has 0 bridgehead atoms. The molecular formula is C9H21BrO2Si. The molecule has 0 saturated carbocycles. The van der Waals surface area contributed by atoms with Gasteiger partial charge < -0.3 is 9.47 Å². The van der Waals surface area contributed by atoms with Crippen molar-refractivity contribution in [3.63, 3.8) is 0 Å². The smallest absolute Gasteiger partial charge is 0.142 e. The van der Waals surface area contributed by atoms with Crippen molar-refractivity contribution in [3.8, 4) is 0 Å². The van der Waals surface area contributed by atoms with Crippen LogP contribution in [0.3, 0.4) is 0 Å². The lowest BCUT2D eigenvalue weighted by atomic mass is 10.6. The van der Waals surface area contributed by atoms with E-state index >= 15 is 0 Å². The summed E-state index contributed by atoms with van der Waals surface area (Å²) in [6.07, 6.45) is 1.24. The highest BCUT2D eigenvalue weighted by Gasteiger charge is 2.23. The SMILES string of the molecule is CCOC(C)(OCC)[SiH2]CCCBr. The first-order valence-electron chi connectivity index (χ1n) is 5.02. The fraction of sp³-hybridized carbons (Fsp3) is 1.00. The molecule has 0 heterocycles. The third-order valence-electron chi connectivity index (χ3n) is 1.91. The highest BCUT2D eigenvalue weighted by Crippen LogP contribution is 2.13. The van der Waals surface area contributed by atoms with Crippen molar-refractivity contribution < 1.29 is 9.47 Å². The van der Waals surface area contributed by atoms with Gasteiger partial charge in [0, 0.05) is 18.5 Å². The summed E-state index contributed by atoms with van der Waals surface area (Å²) < 4.78 is 11.3. The average Bonchev–Trinajstić information content (AvgIpc) is 2.05. The van der Waals surface area contributed by atoms with Gasteiger partial charge in [-0.15, -0.1) is 0 Å². The summed E-state index contributed by atoms with van der Waals surface area (Å²) in [5.74, 6) is 0. The van der Waals surface area contributed by atoms with Gasteiger partial charge in [0.05, 0.1) is 9.52 Å². The monoisotopic (exact) mass is 268 g/mol. The molecule has 0 aromatic heterocycles. The molecule has 0 aliphatic carbocycles. The molecule has 0 saturated heterocycles. The molecule has 0 aliphatic rings. The molecule has 80 valence electrons. The summed E-state index contributed by atoms with van der Waals surface area (Å²) in [4.78, 5) is 0. The van der Waals surface area contributed by atoms with Crippen LogP contribution in [0.15, 0.2) is 0 Å². The van der Waals surface area contributed by atoms with Gasteiger partial charge in [-0.05, 0) is 27.2 Å². The van der Waals surface area contributed by atoms with Crippen LogP contribution in [0.1, 0.15) is 27.2 Å². The molecule has 13 heavy (non-hydrogen) atoms. The Hall–Kier alpha value is 0.617. The third kappa shape index (κ3) is 6.66. The van der Waals surface area contributed by atoms with Gasteiger partial charge in [0.15, 0.2) is 0 Å². The Labute approximate surface area is 92.3 Å². The second kappa shape index (κ2) is 7.97. The Bertz CT molecular complexity index is 116. The predicted octanol–water partition coefficient (Wildman–Crippen LogP) is 2.11. The van der Waals surface area contributed by atoms with Crippen molar-refractivity contribution in [2.75, 3.05) is 18.5 Å². The van der Waals surface area contributed by atoms with Gasteiger partial charge in [0.2, 0.25) is 0 Å². The molecule has 0 rings (SSSR count). The summed E-state index contributed by atoms with van der Waals surface area (Å²) in [6, 6.07) is 1.28. The summed E-state index contributed by atoms with van der Waals surface area (Å²) in [5, 5.41) is 1.09. The minimum Gasteiger partial charge on any atom is -0.355 e. The zero-order valence-corrected chi connectivity index (χ0v) is 11.9. The fourth-order valence-corrected chi connectivity index (χ4v) is 4.30. The van der Waals surface area contributed by atoms with Gasteiger partial charge >= 0.3 is 0 Å². The minimum atomic E-state index is -0.279. The van der Waals surface area contributed by atoms with Crippen molar-refractivity contribution in [1.82, 2.24) is 0 Å². The van der Waals surface area contributed by atoms with Gasteiger partial charge in [-0.3, -0.25) is 0 Å². The molecule has 2 nitrogen and oxygen atoms in total. The number of halogens is 1. The number of hydrogen-bond donors (Lipinski definition) is 0.